The van der Waals surface area contributed by atoms with Crippen LogP contribution in [0.2, 0.25) is 0 Å². The first kappa shape index (κ1) is 19.9. The number of aromatic nitrogens is 2. The molecule has 2 aromatic rings. The molecular weight excluding hydrogens is 340 g/mol. The number of rotatable bonds is 10. The van der Waals surface area contributed by atoms with Gasteiger partial charge in [-0.25, -0.2) is 4.98 Å². The minimum atomic E-state index is -0.591. The van der Waals surface area contributed by atoms with E-state index < -0.39 is 5.79 Å². The largest absolute Gasteiger partial charge is 0.494 e. The summed E-state index contributed by atoms with van der Waals surface area (Å²) in [6.45, 7) is 8.62. The van der Waals surface area contributed by atoms with E-state index >= 15 is 0 Å². The summed E-state index contributed by atoms with van der Waals surface area (Å²) in [4.78, 5) is 4.15. The van der Waals surface area contributed by atoms with Gasteiger partial charge in [-0.15, -0.1) is 0 Å². The van der Waals surface area contributed by atoms with Crippen LogP contribution in [0.25, 0.3) is 0 Å². The molecule has 0 bridgehead atoms. The SMILES string of the molecule is CCCCOc1ccc(CCC2(Cn3ccnc3)OCC(C(C)C)O2)cc1. The van der Waals surface area contributed by atoms with Gasteiger partial charge in [0.2, 0.25) is 0 Å². The van der Waals surface area contributed by atoms with E-state index in [9.17, 15) is 0 Å². The maximum atomic E-state index is 6.40. The third kappa shape index (κ3) is 5.56. The Morgan fingerprint density at radius 1 is 1.30 bits per heavy atom. The van der Waals surface area contributed by atoms with Crippen molar-refractivity contribution in [3.05, 3.63) is 48.5 Å². The molecule has 1 aliphatic rings. The van der Waals surface area contributed by atoms with Crippen molar-refractivity contribution in [2.24, 2.45) is 5.92 Å². The molecule has 27 heavy (non-hydrogen) atoms. The Morgan fingerprint density at radius 3 is 2.74 bits per heavy atom. The molecule has 1 fully saturated rings. The summed E-state index contributed by atoms with van der Waals surface area (Å²) >= 11 is 0. The van der Waals surface area contributed by atoms with E-state index in [4.69, 9.17) is 14.2 Å². The summed E-state index contributed by atoms with van der Waals surface area (Å²) in [5.74, 6) is 0.786. The lowest BCUT2D eigenvalue weighted by molar-refractivity contribution is -0.185. The molecule has 0 amide bonds. The minimum Gasteiger partial charge on any atom is -0.494 e. The summed E-state index contributed by atoms with van der Waals surface area (Å²) in [6, 6.07) is 8.39. The van der Waals surface area contributed by atoms with Gasteiger partial charge in [-0.1, -0.05) is 39.3 Å². The van der Waals surface area contributed by atoms with E-state index in [-0.39, 0.29) is 6.10 Å². The number of hydrogen-bond acceptors (Lipinski definition) is 4. The summed E-state index contributed by atoms with van der Waals surface area (Å²) in [5.41, 5.74) is 1.27. The molecule has 0 aliphatic carbocycles. The third-order valence-electron chi connectivity index (χ3n) is 5.09. The Morgan fingerprint density at radius 2 is 2.11 bits per heavy atom. The standard InChI is InChI=1S/C22H32N2O3/c1-4-5-14-25-20-8-6-19(7-9-20)10-11-22(16-24-13-12-23-17-24)26-15-21(27-22)18(2)3/h6-9,12-13,17-18,21H,4-5,10-11,14-16H2,1-3H3. The number of nitrogens with zero attached hydrogens (tertiary/aromatic N) is 2. The highest BCUT2D eigenvalue weighted by molar-refractivity contribution is 5.27. The molecule has 2 heterocycles. The van der Waals surface area contributed by atoms with Gasteiger partial charge in [-0.2, -0.15) is 0 Å². The normalized spacial score (nSPS) is 22.4. The van der Waals surface area contributed by atoms with E-state index in [1.165, 1.54) is 5.56 Å². The molecule has 0 spiro atoms. The van der Waals surface area contributed by atoms with Crippen LogP contribution < -0.4 is 4.74 Å². The molecule has 1 aromatic carbocycles. The Labute approximate surface area is 162 Å². The number of unbranched alkanes of at least 4 members (excludes halogenated alkanes) is 1. The topological polar surface area (TPSA) is 45.5 Å². The Kier molecular flexibility index (Phi) is 6.91. The number of imidazole rings is 1. The van der Waals surface area contributed by atoms with Crippen LogP contribution in [0.3, 0.4) is 0 Å². The first-order chi connectivity index (χ1) is 13.1. The molecular formula is C22H32N2O3. The lowest BCUT2D eigenvalue weighted by atomic mass is 10.0. The second-order valence-corrected chi connectivity index (χ2v) is 7.70. The number of benzene rings is 1. The van der Waals surface area contributed by atoms with Gasteiger partial charge in [-0.3, -0.25) is 0 Å². The van der Waals surface area contributed by atoms with Crippen molar-refractivity contribution in [1.29, 1.82) is 0 Å². The molecule has 0 radical (unpaired) electrons. The molecule has 2 atom stereocenters. The van der Waals surface area contributed by atoms with Crippen LogP contribution >= 0.6 is 0 Å². The predicted octanol–water partition coefficient (Wildman–Crippen LogP) is 4.46. The molecule has 5 heteroatoms. The van der Waals surface area contributed by atoms with E-state index in [2.05, 4.69) is 50.0 Å². The second kappa shape index (κ2) is 9.38. The summed E-state index contributed by atoms with van der Waals surface area (Å²) in [6.07, 6.45) is 9.65. The highest BCUT2D eigenvalue weighted by Crippen LogP contribution is 2.33. The first-order valence-corrected chi connectivity index (χ1v) is 10.1. The molecule has 1 saturated heterocycles. The fourth-order valence-corrected chi connectivity index (χ4v) is 3.28. The molecule has 148 valence electrons. The third-order valence-corrected chi connectivity index (χ3v) is 5.09. The summed E-state index contributed by atoms with van der Waals surface area (Å²) < 4.78 is 20.4. The average Bonchev–Trinajstić information content (AvgIpc) is 3.32. The fourth-order valence-electron chi connectivity index (χ4n) is 3.28. The van der Waals surface area contributed by atoms with Crippen molar-refractivity contribution >= 4 is 0 Å². The molecule has 1 aliphatic heterocycles. The summed E-state index contributed by atoms with van der Waals surface area (Å²) in [7, 11) is 0. The molecule has 1 aromatic heterocycles. The predicted molar refractivity (Wildman–Crippen MR) is 106 cm³/mol. The average molecular weight is 373 g/mol. The van der Waals surface area contributed by atoms with Crippen LogP contribution in [0.15, 0.2) is 43.0 Å². The van der Waals surface area contributed by atoms with Crippen molar-refractivity contribution in [3.63, 3.8) is 0 Å². The van der Waals surface area contributed by atoms with E-state index in [1.807, 2.05) is 17.1 Å². The Hall–Kier alpha value is -1.85. The number of hydrogen-bond donors (Lipinski definition) is 0. The van der Waals surface area contributed by atoms with Crippen molar-refractivity contribution in [2.45, 2.75) is 64.9 Å². The lowest BCUT2D eigenvalue weighted by Crippen LogP contribution is -2.37. The van der Waals surface area contributed by atoms with Crippen LogP contribution in [0.4, 0.5) is 0 Å². The van der Waals surface area contributed by atoms with E-state index in [0.29, 0.717) is 19.1 Å². The van der Waals surface area contributed by atoms with Gasteiger partial charge in [0, 0.05) is 18.8 Å². The Balaban J connectivity index is 1.61. The maximum absolute atomic E-state index is 6.40. The Bertz CT molecular complexity index is 669. The van der Waals surface area contributed by atoms with E-state index in [0.717, 1.165) is 38.0 Å². The van der Waals surface area contributed by atoms with Crippen LogP contribution in [0, 0.1) is 5.92 Å². The van der Waals surface area contributed by atoms with Crippen molar-refractivity contribution in [2.75, 3.05) is 13.2 Å². The van der Waals surface area contributed by atoms with Gasteiger partial charge in [0.15, 0.2) is 5.79 Å². The maximum Gasteiger partial charge on any atom is 0.187 e. The van der Waals surface area contributed by atoms with Crippen LogP contribution in [-0.4, -0.2) is 34.7 Å². The monoisotopic (exact) mass is 372 g/mol. The number of aryl methyl sites for hydroxylation is 1. The highest BCUT2D eigenvalue weighted by Gasteiger charge is 2.42. The highest BCUT2D eigenvalue weighted by atomic mass is 16.7. The van der Waals surface area contributed by atoms with Gasteiger partial charge in [-0.05, 0) is 36.5 Å². The van der Waals surface area contributed by atoms with Crippen molar-refractivity contribution in [3.8, 4) is 5.75 Å². The van der Waals surface area contributed by atoms with E-state index in [1.54, 1.807) is 6.20 Å². The lowest BCUT2D eigenvalue weighted by Gasteiger charge is -2.29. The first-order valence-electron chi connectivity index (χ1n) is 10.1. The molecule has 2 unspecified atom stereocenters. The molecule has 0 N–H and O–H groups in total. The van der Waals surface area contributed by atoms with Gasteiger partial charge < -0.3 is 18.8 Å². The van der Waals surface area contributed by atoms with Crippen LogP contribution in [-0.2, 0) is 22.4 Å². The smallest absolute Gasteiger partial charge is 0.187 e. The number of ether oxygens (including phenoxy) is 3. The quantitative estimate of drug-likeness (QED) is 0.578. The molecule has 3 rings (SSSR count). The van der Waals surface area contributed by atoms with Gasteiger partial charge in [0.05, 0.1) is 32.2 Å². The van der Waals surface area contributed by atoms with Crippen LogP contribution in [0.1, 0.15) is 45.6 Å². The van der Waals surface area contributed by atoms with Crippen LogP contribution in [0.5, 0.6) is 5.75 Å². The fraction of sp³-hybridized carbons (Fsp3) is 0.591. The van der Waals surface area contributed by atoms with Gasteiger partial charge in [0.1, 0.15) is 5.75 Å². The second-order valence-electron chi connectivity index (χ2n) is 7.70. The van der Waals surface area contributed by atoms with Gasteiger partial charge >= 0.3 is 0 Å². The van der Waals surface area contributed by atoms with Crippen molar-refractivity contribution < 1.29 is 14.2 Å². The summed E-state index contributed by atoms with van der Waals surface area (Å²) in [5, 5.41) is 0. The zero-order valence-corrected chi connectivity index (χ0v) is 16.8. The van der Waals surface area contributed by atoms with Crippen molar-refractivity contribution in [1.82, 2.24) is 9.55 Å². The van der Waals surface area contributed by atoms with Gasteiger partial charge in [0.25, 0.3) is 0 Å². The zero-order chi connectivity index (χ0) is 19.1. The minimum absolute atomic E-state index is 0.142. The molecule has 0 saturated carbocycles. The molecule has 5 nitrogen and oxygen atoms in total. The zero-order valence-electron chi connectivity index (χ0n) is 16.8.